The van der Waals surface area contributed by atoms with Gasteiger partial charge in [0.2, 0.25) is 0 Å². The fourth-order valence-corrected chi connectivity index (χ4v) is 6.72. The predicted octanol–water partition coefficient (Wildman–Crippen LogP) is 8.37. The summed E-state index contributed by atoms with van der Waals surface area (Å²) in [5.74, 6) is 0.435. The molecule has 0 aromatic heterocycles. The van der Waals surface area contributed by atoms with Crippen molar-refractivity contribution >= 4 is 22.4 Å². The molecule has 5 aromatic rings. The molecule has 0 heterocycles. The highest BCUT2D eigenvalue weighted by molar-refractivity contribution is 6.24. The van der Waals surface area contributed by atoms with Gasteiger partial charge in [0.15, 0.2) is 0 Å². The van der Waals surface area contributed by atoms with Crippen molar-refractivity contribution in [1.29, 1.82) is 0 Å². The number of rotatable bonds is 2. The highest BCUT2D eigenvalue weighted by Gasteiger charge is 2.51. The first-order valence-corrected chi connectivity index (χ1v) is 11.7. The third-order valence-corrected chi connectivity index (χ3v) is 7.85. The van der Waals surface area contributed by atoms with Crippen LogP contribution >= 0.6 is 11.6 Å². The van der Waals surface area contributed by atoms with Crippen LogP contribution in [0.25, 0.3) is 33.0 Å². The standard InChI is InChI=1S/C31H21Cl/c32-31-27-23-17-9-10-18-24(23)28(31)30-26(20-13-5-2-6-14-20)22-16-8-7-15-21(22)25(29(27)30)19-11-3-1-4-12-19/h1-18,27-28,31H. The molecular formula is C31H21Cl. The van der Waals surface area contributed by atoms with E-state index in [0.717, 1.165) is 0 Å². The molecular weight excluding hydrogens is 408 g/mol. The zero-order valence-corrected chi connectivity index (χ0v) is 18.3. The topological polar surface area (TPSA) is 0 Å². The van der Waals surface area contributed by atoms with Crippen molar-refractivity contribution in [2.45, 2.75) is 17.2 Å². The molecule has 0 fully saturated rings. The van der Waals surface area contributed by atoms with E-state index in [0.29, 0.717) is 0 Å². The first-order valence-electron chi connectivity index (χ1n) is 11.3. The molecule has 5 aromatic carbocycles. The van der Waals surface area contributed by atoms with E-state index in [1.165, 1.54) is 55.3 Å². The number of hydrogen-bond acceptors (Lipinski definition) is 0. The lowest BCUT2D eigenvalue weighted by Gasteiger charge is -2.27. The summed E-state index contributed by atoms with van der Waals surface area (Å²) < 4.78 is 0. The van der Waals surface area contributed by atoms with Crippen molar-refractivity contribution in [2.75, 3.05) is 0 Å². The van der Waals surface area contributed by atoms with Crippen LogP contribution in [0, 0.1) is 0 Å². The molecule has 0 saturated carbocycles. The molecule has 2 unspecified atom stereocenters. The molecule has 0 radical (unpaired) electrons. The molecule has 32 heavy (non-hydrogen) atoms. The van der Waals surface area contributed by atoms with Crippen molar-refractivity contribution in [3.8, 4) is 22.3 Å². The Morgan fingerprint density at radius 2 is 0.812 bits per heavy atom. The monoisotopic (exact) mass is 428 g/mol. The third-order valence-electron chi connectivity index (χ3n) is 7.34. The van der Waals surface area contributed by atoms with Crippen molar-refractivity contribution in [3.63, 3.8) is 0 Å². The first kappa shape index (κ1) is 18.2. The van der Waals surface area contributed by atoms with E-state index in [1.54, 1.807) is 0 Å². The van der Waals surface area contributed by atoms with Crippen molar-refractivity contribution in [2.24, 2.45) is 0 Å². The van der Waals surface area contributed by atoms with Gasteiger partial charge >= 0.3 is 0 Å². The summed E-state index contributed by atoms with van der Waals surface area (Å²) in [5.41, 5.74) is 10.9. The van der Waals surface area contributed by atoms with Crippen LogP contribution in [0.3, 0.4) is 0 Å². The summed E-state index contributed by atoms with van der Waals surface area (Å²) in [5, 5.41) is 2.67. The number of halogens is 1. The maximum atomic E-state index is 7.30. The third kappa shape index (κ3) is 2.34. The molecule has 2 aliphatic carbocycles. The SMILES string of the molecule is ClC1C2c3ccccc3C1c1c2c(-c2ccccc2)c2ccccc2c1-c1ccccc1. The van der Waals surface area contributed by atoms with Gasteiger partial charge < -0.3 is 0 Å². The van der Waals surface area contributed by atoms with Gasteiger partial charge in [-0.25, -0.2) is 0 Å². The highest BCUT2D eigenvalue weighted by atomic mass is 35.5. The minimum absolute atomic E-state index is 0.0455. The Balaban J connectivity index is 1.69. The summed E-state index contributed by atoms with van der Waals surface area (Å²) in [7, 11) is 0. The number of fused-ring (bicyclic) bond motifs is 9. The maximum Gasteiger partial charge on any atom is 0.0555 e. The fourth-order valence-electron chi connectivity index (χ4n) is 6.20. The number of benzene rings is 5. The molecule has 0 nitrogen and oxygen atoms in total. The zero-order valence-electron chi connectivity index (χ0n) is 17.5. The lowest BCUT2D eigenvalue weighted by atomic mass is 9.76. The second-order valence-corrected chi connectivity index (χ2v) is 9.39. The number of hydrogen-bond donors (Lipinski definition) is 0. The average molecular weight is 429 g/mol. The van der Waals surface area contributed by atoms with Gasteiger partial charge in [-0.3, -0.25) is 0 Å². The van der Waals surface area contributed by atoms with E-state index in [-0.39, 0.29) is 17.2 Å². The second kappa shape index (κ2) is 6.82. The van der Waals surface area contributed by atoms with E-state index >= 15 is 0 Å². The molecule has 2 aliphatic rings. The fraction of sp³-hybridized carbons (Fsp3) is 0.0968. The van der Waals surface area contributed by atoms with Gasteiger partial charge in [0.1, 0.15) is 0 Å². The molecule has 1 heteroatoms. The van der Waals surface area contributed by atoms with Gasteiger partial charge in [0.25, 0.3) is 0 Å². The maximum absolute atomic E-state index is 7.30. The molecule has 2 atom stereocenters. The second-order valence-electron chi connectivity index (χ2n) is 8.88. The molecule has 152 valence electrons. The van der Waals surface area contributed by atoms with Crippen LogP contribution < -0.4 is 0 Å². The molecule has 0 saturated heterocycles. The quantitative estimate of drug-likeness (QED) is 0.248. The number of alkyl halides is 1. The molecule has 7 rings (SSSR count). The summed E-state index contributed by atoms with van der Waals surface area (Å²) >= 11 is 7.30. The van der Waals surface area contributed by atoms with Gasteiger partial charge in [0, 0.05) is 11.8 Å². The summed E-state index contributed by atoms with van der Waals surface area (Å²) in [6, 6.07) is 39.5. The first-order chi connectivity index (χ1) is 15.8. The molecule has 0 amide bonds. The van der Waals surface area contributed by atoms with Crippen LogP contribution in [-0.4, -0.2) is 5.38 Å². The van der Waals surface area contributed by atoms with E-state index in [4.69, 9.17) is 11.6 Å². The Labute approximate surface area is 193 Å². The van der Waals surface area contributed by atoms with Gasteiger partial charge in [-0.1, -0.05) is 109 Å². The zero-order chi connectivity index (χ0) is 21.2. The summed E-state index contributed by atoms with van der Waals surface area (Å²) in [4.78, 5) is 0. The molecule has 0 N–H and O–H groups in total. The van der Waals surface area contributed by atoms with E-state index < -0.39 is 0 Å². The Morgan fingerprint density at radius 1 is 0.438 bits per heavy atom. The Morgan fingerprint density at radius 3 is 1.25 bits per heavy atom. The predicted molar refractivity (Wildman–Crippen MR) is 135 cm³/mol. The van der Waals surface area contributed by atoms with Crippen molar-refractivity contribution < 1.29 is 0 Å². The Kier molecular flexibility index (Phi) is 3.89. The van der Waals surface area contributed by atoms with Gasteiger partial charge in [-0.2, -0.15) is 0 Å². The van der Waals surface area contributed by atoms with Crippen molar-refractivity contribution in [1.82, 2.24) is 0 Å². The normalized spacial score (nSPS) is 20.3. The van der Waals surface area contributed by atoms with Gasteiger partial charge in [-0.15, -0.1) is 11.6 Å². The minimum Gasteiger partial charge on any atom is -0.121 e. The van der Waals surface area contributed by atoms with Gasteiger partial charge in [0.05, 0.1) is 5.38 Å². The largest absolute Gasteiger partial charge is 0.121 e. The van der Waals surface area contributed by atoms with Crippen LogP contribution in [0.1, 0.15) is 34.1 Å². The van der Waals surface area contributed by atoms with E-state index in [2.05, 4.69) is 109 Å². The van der Waals surface area contributed by atoms with Crippen LogP contribution in [0.15, 0.2) is 109 Å². The van der Waals surface area contributed by atoms with Gasteiger partial charge in [-0.05, 0) is 55.3 Å². The molecule has 0 spiro atoms. The summed E-state index contributed by atoms with van der Waals surface area (Å²) in [6.07, 6.45) is 0. The Hall–Kier alpha value is -3.35. The lowest BCUT2D eigenvalue weighted by Crippen LogP contribution is -2.08. The van der Waals surface area contributed by atoms with Crippen LogP contribution in [0.2, 0.25) is 0 Å². The van der Waals surface area contributed by atoms with E-state index in [9.17, 15) is 0 Å². The van der Waals surface area contributed by atoms with Crippen LogP contribution in [-0.2, 0) is 0 Å². The van der Waals surface area contributed by atoms with Crippen LogP contribution in [0.5, 0.6) is 0 Å². The highest BCUT2D eigenvalue weighted by Crippen LogP contribution is 2.64. The average Bonchev–Trinajstić information content (AvgIpc) is 3.31. The summed E-state index contributed by atoms with van der Waals surface area (Å²) in [6.45, 7) is 0. The smallest absolute Gasteiger partial charge is 0.0555 e. The van der Waals surface area contributed by atoms with Crippen molar-refractivity contribution in [3.05, 3.63) is 131 Å². The minimum atomic E-state index is 0.0455. The van der Waals surface area contributed by atoms with Crippen LogP contribution in [0.4, 0.5) is 0 Å². The Bertz CT molecular complexity index is 1370. The lowest BCUT2D eigenvalue weighted by molar-refractivity contribution is 0.808. The molecule has 0 aliphatic heterocycles. The van der Waals surface area contributed by atoms with E-state index in [1.807, 2.05) is 0 Å². The molecule has 2 bridgehead atoms.